The van der Waals surface area contributed by atoms with Gasteiger partial charge in [0.2, 0.25) is 0 Å². The molecule has 0 unspecified atom stereocenters. The van der Waals surface area contributed by atoms with Crippen molar-refractivity contribution in [2.45, 2.75) is 27.2 Å². The van der Waals surface area contributed by atoms with Gasteiger partial charge in [0.1, 0.15) is 0 Å². The minimum absolute atomic E-state index is 0.649. The maximum absolute atomic E-state index is 5.88. The molecule has 1 aromatic carbocycles. The third kappa shape index (κ3) is 3.74. The fraction of sp³-hybridized carbons (Fsp3) is 0.500. The zero-order valence-electron chi connectivity index (χ0n) is 9.51. The lowest BCUT2D eigenvalue weighted by Gasteiger charge is -2.12. The fourth-order valence-corrected chi connectivity index (χ4v) is 2.01. The molecule has 0 amide bonds. The zero-order valence-corrected chi connectivity index (χ0v) is 11.1. The van der Waals surface area contributed by atoms with Crippen LogP contribution in [0.2, 0.25) is 0 Å². The van der Waals surface area contributed by atoms with Crippen LogP contribution in [0.25, 0.3) is 0 Å². The zero-order chi connectivity index (χ0) is 11.4. The maximum Gasteiger partial charge on any atom is 0.156 e. The Hall–Kier alpha value is -0.700. The van der Waals surface area contributed by atoms with E-state index in [9.17, 15) is 0 Å². The van der Waals surface area contributed by atoms with E-state index in [1.807, 2.05) is 19.1 Å². The molecule has 0 saturated heterocycles. The van der Waals surface area contributed by atoms with Crippen LogP contribution in [0, 0.1) is 12.8 Å². The van der Waals surface area contributed by atoms with Crippen molar-refractivity contribution in [3.63, 3.8) is 0 Å². The topological polar surface area (TPSA) is 35.2 Å². The van der Waals surface area contributed by atoms with Crippen molar-refractivity contribution < 1.29 is 4.74 Å². The predicted octanol–water partition coefficient (Wildman–Crippen LogP) is 3.76. The van der Waals surface area contributed by atoms with Gasteiger partial charge in [0.15, 0.2) is 5.75 Å². The van der Waals surface area contributed by atoms with Gasteiger partial charge in [-0.2, -0.15) is 0 Å². The third-order valence-electron chi connectivity index (χ3n) is 2.16. The van der Waals surface area contributed by atoms with Crippen molar-refractivity contribution in [3.8, 4) is 5.75 Å². The molecule has 0 fully saturated rings. The second-order valence-corrected chi connectivity index (χ2v) is 5.05. The Bertz CT molecular complexity index is 313. The molecule has 0 saturated carbocycles. The highest BCUT2D eigenvalue weighted by molar-refractivity contribution is 9.10. The Morgan fingerprint density at radius 3 is 2.60 bits per heavy atom. The average Bonchev–Trinajstić information content (AvgIpc) is 2.08. The number of halogens is 1. The van der Waals surface area contributed by atoms with E-state index in [0.29, 0.717) is 18.2 Å². The average molecular weight is 272 g/mol. The van der Waals surface area contributed by atoms with Gasteiger partial charge in [-0.05, 0) is 52.9 Å². The first-order valence-corrected chi connectivity index (χ1v) is 5.98. The van der Waals surface area contributed by atoms with Gasteiger partial charge in [0, 0.05) is 0 Å². The summed E-state index contributed by atoms with van der Waals surface area (Å²) >= 11 is 3.46. The normalized spacial score (nSPS) is 10.7. The lowest BCUT2D eigenvalue weighted by molar-refractivity contribution is 0.289. The van der Waals surface area contributed by atoms with E-state index >= 15 is 0 Å². The summed E-state index contributed by atoms with van der Waals surface area (Å²) in [4.78, 5) is 0. The second-order valence-electron chi connectivity index (χ2n) is 4.20. The van der Waals surface area contributed by atoms with E-state index in [1.165, 1.54) is 0 Å². The molecule has 1 aromatic rings. The Morgan fingerprint density at radius 2 is 2.07 bits per heavy atom. The number of hydrogen-bond donors (Lipinski definition) is 1. The first-order valence-electron chi connectivity index (χ1n) is 5.19. The molecular formula is C12H18BrNO. The van der Waals surface area contributed by atoms with E-state index in [-0.39, 0.29) is 0 Å². The number of ether oxygens (including phenoxy) is 1. The molecule has 3 heteroatoms. The van der Waals surface area contributed by atoms with Crippen molar-refractivity contribution in [3.05, 3.63) is 22.2 Å². The first-order chi connectivity index (χ1) is 7.00. The molecule has 0 aliphatic rings. The van der Waals surface area contributed by atoms with E-state index in [0.717, 1.165) is 22.2 Å². The third-order valence-corrected chi connectivity index (χ3v) is 2.75. The van der Waals surface area contributed by atoms with E-state index in [2.05, 4.69) is 29.8 Å². The highest BCUT2D eigenvalue weighted by Crippen LogP contribution is 2.32. The quantitative estimate of drug-likeness (QED) is 0.847. The van der Waals surface area contributed by atoms with Crippen LogP contribution in [-0.4, -0.2) is 6.61 Å². The summed E-state index contributed by atoms with van der Waals surface area (Å²) in [7, 11) is 0. The number of hydrogen-bond acceptors (Lipinski definition) is 2. The molecule has 15 heavy (non-hydrogen) atoms. The van der Waals surface area contributed by atoms with Gasteiger partial charge >= 0.3 is 0 Å². The molecule has 0 spiro atoms. The Morgan fingerprint density at radius 1 is 1.40 bits per heavy atom. The molecule has 0 bridgehead atoms. The van der Waals surface area contributed by atoms with Crippen molar-refractivity contribution in [1.82, 2.24) is 0 Å². The molecule has 1 rings (SSSR count). The number of aryl methyl sites for hydroxylation is 1. The Labute approximate surface area is 99.9 Å². The summed E-state index contributed by atoms with van der Waals surface area (Å²) in [5.41, 5.74) is 7.72. The summed E-state index contributed by atoms with van der Waals surface area (Å²) in [5, 5.41) is 0. The highest BCUT2D eigenvalue weighted by atomic mass is 79.9. The number of rotatable bonds is 4. The molecule has 2 N–H and O–H groups in total. The Balaban J connectivity index is 2.68. The van der Waals surface area contributed by atoms with Crippen molar-refractivity contribution in [1.29, 1.82) is 0 Å². The van der Waals surface area contributed by atoms with Crippen LogP contribution < -0.4 is 10.5 Å². The standard InChI is InChI=1S/C12H18BrNO/c1-8(2)4-5-15-12-10(13)6-9(3)7-11(12)14/h6-8H,4-5,14H2,1-3H3. The summed E-state index contributed by atoms with van der Waals surface area (Å²) in [6.45, 7) is 7.08. The second kappa shape index (κ2) is 5.40. The van der Waals surface area contributed by atoms with Crippen LogP contribution in [0.3, 0.4) is 0 Å². The van der Waals surface area contributed by atoms with Gasteiger partial charge in [-0.1, -0.05) is 13.8 Å². The predicted molar refractivity (Wildman–Crippen MR) is 68.2 cm³/mol. The first kappa shape index (κ1) is 12.4. The van der Waals surface area contributed by atoms with E-state index in [1.54, 1.807) is 0 Å². The lowest BCUT2D eigenvalue weighted by Crippen LogP contribution is -2.04. The molecule has 0 atom stereocenters. The van der Waals surface area contributed by atoms with Gasteiger partial charge in [0.25, 0.3) is 0 Å². The van der Waals surface area contributed by atoms with Crippen molar-refractivity contribution in [2.75, 3.05) is 12.3 Å². The van der Waals surface area contributed by atoms with Gasteiger partial charge in [-0.25, -0.2) is 0 Å². The van der Waals surface area contributed by atoms with Crippen LogP contribution in [0.1, 0.15) is 25.8 Å². The Kier molecular flexibility index (Phi) is 4.45. The number of nitrogen functional groups attached to an aromatic ring is 1. The lowest BCUT2D eigenvalue weighted by atomic mass is 10.1. The van der Waals surface area contributed by atoms with Gasteiger partial charge in [0.05, 0.1) is 16.8 Å². The van der Waals surface area contributed by atoms with Crippen molar-refractivity contribution in [2.24, 2.45) is 5.92 Å². The molecule has 0 radical (unpaired) electrons. The molecule has 0 aromatic heterocycles. The number of benzene rings is 1. The summed E-state index contributed by atoms with van der Waals surface area (Å²) < 4.78 is 6.60. The monoisotopic (exact) mass is 271 g/mol. The van der Waals surface area contributed by atoms with Gasteiger partial charge in [-0.3, -0.25) is 0 Å². The molecule has 0 heterocycles. The highest BCUT2D eigenvalue weighted by Gasteiger charge is 2.07. The number of anilines is 1. The van der Waals surface area contributed by atoms with Crippen LogP contribution >= 0.6 is 15.9 Å². The molecule has 0 aliphatic carbocycles. The minimum atomic E-state index is 0.649. The summed E-state index contributed by atoms with van der Waals surface area (Å²) in [6.07, 6.45) is 1.04. The van der Waals surface area contributed by atoms with Crippen LogP contribution in [-0.2, 0) is 0 Å². The summed E-state index contributed by atoms with van der Waals surface area (Å²) in [5.74, 6) is 1.41. The summed E-state index contributed by atoms with van der Waals surface area (Å²) in [6, 6.07) is 3.94. The number of nitrogens with two attached hydrogens (primary N) is 1. The van der Waals surface area contributed by atoms with Gasteiger partial charge < -0.3 is 10.5 Å². The minimum Gasteiger partial charge on any atom is -0.490 e. The van der Waals surface area contributed by atoms with Crippen LogP contribution in [0.4, 0.5) is 5.69 Å². The fourth-order valence-electron chi connectivity index (χ4n) is 1.30. The smallest absolute Gasteiger partial charge is 0.156 e. The van der Waals surface area contributed by atoms with Crippen molar-refractivity contribution >= 4 is 21.6 Å². The largest absolute Gasteiger partial charge is 0.490 e. The molecule has 0 aliphatic heterocycles. The van der Waals surface area contributed by atoms with Crippen LogP contribution in [0.5, 0.6) is 5.75 Å². The molecule has 2 nitrogen and oxygen atoms in total. The SMILES string of the molecule is Cc1cc(N)c(OCCC(C)C)c(Br)c1. The molecule has 84 valence electrons. The van der Waals surface area contributed by atoms with Crippen LogP contribution in [0.15, 0.2) is 16.6 Å². The van der Waals surface area contributed by atoms with E-state index < -0.39 is 0 Å². The van der Waals surface area contributed by atoms with E-state index in [4.69, 9.17) is 10.5 Å². The maximum atomic E-state index is 5.88. The molecular weight excluding hydrogens is 254 g/mol. The van der Waals surface area contributed by atoms with Gasteiger partial charge in [-0.15, -0.1) is 0 Å².